The Bertz CT molecular complexity index is 895. The molecule has 23 heavy (non-hydrogen) atoms. The van der Waals surface area contributed by atoms with E-state index < -0.39 is 0 Å². The molecular weight excluding hydrogens is 357 g/mol. The minimum Gasteiger partial charge on any atom is -0.308 e. The standard InChI is InChI=1S/C15H9ClFN3OS2/c16-9-3-1-8(2-4-9)13(21)19-14(22)20-15-18-11-6-5-10(17)7-12(11)23-15/h1-7H,(H2,18,19,20,21,22). The van der Waals surface area contributed by atoms with Crippen molar-refractivity contribution in [3.63, 3.8) is 0 Å². The topological polar surface area (TPSA) is 54.0 Å². The highest BCUT2D eigenvalue weighted by Crippen LogP contribution is 2.26. The fraction of sp³-hybridized carbons (Fsp3) is 0. The third kappa shape index (κ3) is 3.82. The zero-order chi connectivity index (χ0) is 16.4. The molecule has 3 rings (SSSR count). The number of thiocarbonyl (C=S) groups is 1. The summed E-state index contributed by atoms with van der Waals surface area (Å²) in [6.07, 6.45) is 0. The first-order chi connectivity index (χ1) is 11.0. The Kier molecular flexibility index (Phi) is 4.51. The summed E-state index contributed by atoms with van der Waals surface area (Å²) in [5.74, 6) is -0.683. The Morgan fingerprint density at radius 1 is 1.22 bits per heavy atom. The highest BCUT2D eigenvalue weighted by molar-refractivity contribution is 7.80. The number of aromatic nitrogens is 1. The van der Waals surface area contributed by atoms with Gasteiger partial charge in [0.25, 0.3) is 5.91 Å². The SMILES string of the molecule is O=C(NC(=S)Nc1nc2ccc(F)cc2s1)c1ccc(Cl)cc1. The monoisotopic (exact) mass is 365 g/mol. The number of halogens is 2. The number of rotatable bonds is 2. The number of hydrogen-bond donors (Lipinski definition) is 2. The van der Waals surface area contributed by atoms with E-state index in [1.54, 1.807) is 30.3 Å². The molecule has 0 aliphatic heterocycles. The summed E-state index contributed by atoms with van der Waals surface area (Å²) in [5, 5.41) is 6.51. The molecule has 0 aliphatic rings. The number of hydrogen-bond acceptors (Lipinski definition) is 4. The molecule has 8 heteroatoms. The van der Waals surface area contributed by atoms with Gasteiger partial charge < -0.3 is 5.32 Å². The van der Waals surface area contributed by atoms with E-state index in [0.717, 1.165) is 0 Å². The van der Waals surface area contributed by atoms with Gasteiger partial charge >= 0.3 is 0 Å². The van der Waals surface area contributed by atoms with E-state index in [1.165, 1.54) is 23.5 Å². The third-order valence-electron chi connectivity index (χ3n) is 2.90. The van der Waals surface area contributed by atoms with Crippen LogP contribution in [0.15, 0.2) is 42.5 Å². The average Bonchev–Trinajstić information content (AvgIpc) is 2.88. The Hall–Kier alpha value is -2.09. The highest BCUT2D eigenvalue weighted by Gasteiger charge is 2.10. The van der Waals surface area contributed by atoms with Crippen LogP contribution in [0.5, 0.6) is 0 Å². The molecule has 0 unspecified atom stereocenters. The molecule has 0 radical (unpaired) electrons. The van der Waals surface area contributed by atoms with Crippen molar-refractivity contribution in [3.05, 3.63) is 58.9 Å². The van der Waals surface area contributed by atoms with Crippen LogP contribution in [0, 0.1) is 5.82 Å². The summed E-state index contributed by atoms with van der Waals surface area (Å²) in [5.41, 5.74) is 1.09. The number of thiazole rings is 1. The van der Waals surface area contributed by atoms with Crippen LogP contribution in [-0.4, -0.2) is 16.0 Å². The second-order valence-corrected chi connectivity index (χ2v) is 6.42. The number of nitrogens with zero attached hydrogens (tertiary/aromatic N) is 1. The van der Waals surface area contributed by atoms with Crippen LogP contribution in [0.4, 0.5) is 9.52 Å². The maximum atomic E-state index is 13.2. The van der Waals surface area contributed by atoms with Crippen LogP contribution in [0.3, 0.4) is 0 Å². The Labute approximate surface area is 145 Å². The maximum Gasteiger partial charge on any atom is 0.257 e. The molecule has 0 saturated carbocycles. The van der Waals surface area contributed by atoms with Gasteiger partial charge in [-0.05, 0) is 54.7 Å². The lowest BCUT2D eigenvalue weighted by atomic mass is 10.2. The smallest absolute Gasteiger partial charge is 0.257 e. The first kappa shape index (κ1) is 15.8. The van der Waals surface area contributed by atoms with E-state index in [-0.39, 0.29) is 16.8 Å². The molecule has 1 aromatic heterocycles. The summed E-state index contributed by atoms with van der Waals surface area (Å²) >= 11 is 12.1. The van der Waals surface area contributed by atoms with E-state index in [0.29, 0.717) is 25.9 Å². The van der Waals surface area contributed by atoms with Gasteiger partial charge in [0.2, 0.25) is 0 Å². The molecule has 0 aliphatic carbocycles. The molecule has 0 fully saturated rings. The van der Waals surface area contributed by atoms with E-state index in [9.17, 15) is 9.18 Å². The van der Waals surface area contributed by atoms with Crippen LogP contribution in [0.25, 0.3) is 10.2 Å². The predicted octanol–water partition coefficient (Wildman–Crippen LogP) is 4.22. The zero-order valence-corrected chi connectivity index (χ0v) is 13.9. The molecule has 0 spiro atoms. The van der Waals surface area contributed by atoms with Gasteiger partial charge in [-0.15, -0.1) is 0 Å². The Morgan fingerprint density at radius 2 is 1.96 bits per heavy atom. The number of fused-ring (bicyclic) bond motifs is 1. The number of benzene rings is 2. The number of carbonyl (C=O) groups is 1. The average molecular weight is 366 g/mol. The van der Waals surface area contributed by atoms with Gasteiger partial charge in [-0.25, -0.2) is 9.37 Å². The van der Waals surface area contributed by atoms with Gasteiger partial charge in [-0.3, -0.25) is 10.1 Å². The number of anilines is 1. The van der Waals surface area contributed by atoms with Crippen molar-refractivity contribution in [2.75, 3.05) is 5.32 Å². The fourth-order valence-electron chi connectivity index (χ4n) is 1.86. The molecule has 2 aromatic carbocycles. The van der Waals surface area contributed by atoms with E-state index in [4.69, 9.17) is 23.8 Å². The molecule has 116 valence electrons. The molecule has 1 heterocycles. The van der Waals surface area contributed by atoms with Crippen LogP contribution >= 0.6 is 35.2 Å². The lowest BCUT2D eigenvalue weighted by Crippen LogP contribution is -2.34. The second kappa shape index (κ2) is 6.57. The van der Waals surface area contributed by atoms with Crippen molar-refractivity contribution >= 4 is 61.5 Å². The lowest BCUT2D eigenvalue weighted by Gasteiger charge is -2.07. The predicted molar refractivity (Wildman–Crippen MR) is 94.7 cm³/mol. The summed E-state index contributed by atoms with van der Waals surface area (Å²) in [4.78, 5) is 16.3. The second-order valence-electron chi connectivity index (χ2n) is 4.55. The minimum atomic E-state index is -0.355. The van der Waals surface area contributed by atoms with E-state index >= 15 is 0 Å². The van der Waals surface area contributed by atoms with Gasteiger partial charge in [0.15, 0.2) is 10.2 Å². The van der Waals surface area contributed by atoms with Gasteiger partial charge in [0.05, 0.1) is 10.2 Å². The molecule has 0 bridgehead atoms. The first-order valence-electron chi connectivity index (χ1n) is 6.45. The van der Waals surface area contributed by atoms with Gasteiger partial charge in [-0.2, -0.15) is 0 Å². The van der Waals surface area contributed by atoms with Crippen molar-refractivity contribution in [1.29, 1.82) is 0 Å². The Morgan fingerprint density at radius 3 is 2.70 bits per heavy atom. The Balaban J connectivity index is 1.68. The minimum absolute atomic E-state index is 0.115. The molecule has 1 amide bonds. The normalized spacial score (nSPS) is 10.5. The van der Waals surface area contributed by atoms with Crippen molar-refractivity contribution in [2.45, 2.75) is 0 Å². The van der Waals surface area contributed by atoms with Crippen LogP contribution in [0.1, 0.15) is 10.4 Å². The van der Waals surface area contributed by atoms with E-state index in [1.807, 2.05) is 0 Å². The summed E-state index contributed by atoms with van der Waals surface area (Å²) < 4.78 is 13.9. The molecule has 0 atom stereocenters. The summed E-state index contributed by atoms with van der Waals surface area (Å²) in [6, 6.07) is 10.8. The van der Waals surface area contributed by atoms with Gasteiger partial charge in [0.1, 0.15) is 5.82 Å². The highest BCUT2D eigenvalue weighted by atomic mass is 35.5. The number of nitrogens with one attached hydrogen (secondary N) is 2. The third-order valence-corrected chi connectivity index (χ3v) is 4.29. The van der Waals surface area contributed by atoms with Crippen molar-refractivity contribution < 1.29 is 9.18 Å². The number of amides is 1. The van der Waals surface area contributed by atoms with Crippen molar-refractivity contribution in [2.24, 2.45) is 0 Å². The van der Waals surface area contributed by atoms with Crippen LogP contribution in [0.2, 0.25) is 5.02 Å². The van der Waals surface area contributed by atoms with Gasteiger partial charge in [-0.1, -0.05) is 22.9 Å². The largest absolute Gasteiger partial charge is 0.308 e. The number of carbonyl (C=O) groups excluding carboxylic acids is 1. The zero-order valence-electron chi connectivity index (χ0n) is 11.5. The lowest BCUT2D eigenvalue weighted by molar-refractivity contribution is 0.0978. The van der Waals surface area contributed by atoms with Crippen LogP contribution in [-0.2, 0) is 0 Å². The molecule has 0 saturated heterocycles. The van der Waals surface area contributed by atoms with Gasteiger partial charge in [0, 0.05) is 10.6 Å². The summed E-state index contributed by atoms with van der Waals surface area (Å²) in [6.45, 7) is 0. The van der Waals surface area contributed by atoms with E-state index in [2.05, 4.69) is 15.6 Å². The molecule has 3 aromatic rings. The maximum absolute atomic E-state index is 13.2. The van der Waals surface area contributed by atoms with Crippen LogP contribution < -0.4 is 10.6 Å². The fourth-order valence-corrected chi connectivity index (χ4v) is 3.13. The molecule has 2 N–H and O–H groups in total. The van der Waals surface area contributed by atoms with Crippen molar-refractivity contribution in [1.82, 2.24) is 10.3 Å². The van der Waals surface area contributed by atoms with Crippen molar-refractivity contribution in [3.8, 4) is 0 Å². The molecular formula is C15H9ClFN3OS2. The molecule has 4 nitrogen and oxygen atoms in total. The summed E-state index contributed by atoms with van der Waals surface area (Å²) in [7, 11) is 0. The quantitative estimate of drug-likeness (QED) is 0.668. The first-order valence-corrected chi connectivity index (χ1v) is 8.05.